The normalized spacial score (nSPS) is 21.0. The number of carbonyl (C=O) groups is 1. The van der Waals surface area contributed by atoms with Gasteiger partial charge in [0.15, 0.2) is 0 Å². The van der Waals surface area contributed by atoms with E-state index in [1.165, 1.54) is 5.56 Å². The highest BCUT2D eigenvalue weighted by atomic mass is 16.5. The fraction of sp³-hybridized carbons (Fsp3) is 0.444. The summed E-state index contributed by atoms with van der Waals surface area (Å²) in [6.45, 7) is 3.59. The second kappa shape index (κ2) is 6.16. The number of hydrogen-bond acceptors (Lipinski definition) is 3. The number of benzene rings is 1. The second-order valence-corrected chi connectivity index (χ2v) is 6.21. The molecule has 0 unspecified atom stereocenters. The first-order valence-electron chi connectivity index (χ1n) is 8.29. The summed E-state index contributed by atoms with van der Waals surface area (Å²) < 4.78 is 7.62. The molecule has 2 aliphatic rings. The third-order valence-electron chi connectivity index (χ3n) is 4.80. The van der Waals surface area contributed by atoms with Crippen LogP contribution in [0.4, 0.5) is 0 Å². The van der Waals surface area contributed by atoms with Gasteiger partial charge in [0.2, 0.25) is 5.91 Å². The molecule has 4 rings (SSSR count). The molecule has 5 heteroatoms. The van der Waals surface area contributed by atoms with Crippen LogP contribution in [0, 0.1) is 5.92 Å². The van der Waals surface area contributed by atoms with Crippen molar-refractivity contribution in [2.45, 2.75) is 19.4 Å². The molecule has 1 saturated heterocycles. The Morgan fingerprint density at radius 3 is 2.83 bits per heavy atom. The van der Waals surface area contributed by atoms with Gasteiger partial charge in [-0.3, -0.25) is 4.79 Å². The van der Waals surface area contributed by atoms with Crippen molar-refractivity contribution in [2.75, 3.05) is 26.3 Å². The van der Waals surface area contributed by atoms with E-state index in [1.54, 1.807) is 0 Å². The van der Waals surface area contributed by atoms with Gasteiger partial charge in [-0.25, -0.2) is 4.98 Å². The number of aromatic nitrogens is 2. The molecule has 2 aromatic rings. The lowest BCUT2D eigenvalue weighted by molar-refractivity contribution is -0.135. The van der Waals surface area contributed by atoms with Crippen LogP contribution >= 0.6 is 0 Å². The first-order valence-corrected chi connectivity index (χ1v) is 8.29. The number of carbonyl (C=O) groups excluding carboxylic acids is 1. The van der Waals surface area contributed by atoms with E-state index in [9.17, 15) is 4.79 Å². The molecule has 120 valence electrons. The summed E-state index contributed by atoms with van der Waals surface area (Å²) >= 11 is 0. The van der Waals surface area contributed by atoms with Gasteiger partial charge in [-0.15, -0.1) is 0 Å². The minimum atomic E-state index is 0.0500. The van der Waals surface area contributed by atoms with E-state index in [-0.39, 0.29) is 11.8 Å². The quantitative estimate of drug-likeness (QED) is 0.852. The number of nitrogens with zero attached hydrogens (tertiary/aromatic N) is 3. The van der Waals surface area contributed by atoms with Gasteiger partial charge in [-0.05, 0) is 12.0 Å². The zero-order chi connectivity index (χ0) is 15.6. The molecule has 0 radical (unpaired) electrons. The molecular weight excluding hydrogens is 290 g/mol. The monoisotopic (exact) mass is 311 g/mol. The molecule has 1 aromatic heterocycles. The molecule has 0 N–H and O–H groups in total. The highest BCUT2D eigenvalue weighted by Gasteiger charge is 2.29. The van der Waals surface area contributed by atoms with Gasteiger partial charge in [-0.2, -0.15) is 0 Å². The average Bonchev–Trinajstić information content (AvgIpc) is 3.21. The zero-order valence-corrected chi connectivity index (χ0v) is 13.1. The van der Waals surface area contributed by atoms with Crippen LogP contribution in [0.2, 0.25) is 0 Å². The Hall–Kier alpha value is -2.14. The van der Waals surface area contributed by atoms with Gasteiger partial charge >= 0.3 is 0 Å². The maximum absolute atomic E-state index is 12.6. The fourth-order valence-electron chi connectivity index (χ4n) is 3.48. The van der Waals surface area contributed by atoms with Gasteiger partial charge in [0.1, 0.15) is 5.82 Å². The largest absolute Gasteiger partial charge is 0.381 e. The highest BCUT2D eigenvalue weighted by Crippen LogP contribution is 2.23. The van der Waals surface area contributed by atoms with Crippen molar-refractivity contribution in [3.8, 4) is 11.3 Å². The predicted molar refractivity (Wildman–Crippen MR) is 86.9 cm³/mol. The number of rotatable bonds is 2. The molecule has 0 bridgehead atoms. The Bertz CT molecular complexity index is 690. The molecular formula is C18H21N3O2. The summed E-state index contributed by atoms with van der Waals surface area (Å²) in [5.41, 5.74) is 2.31. The van der Waals surface area contributed by atoms with Gasteiger partial charge in [-0.1, -0.05) is 30.3 Å². The minimum absolute atomic E-state index is 0.0500. The maximum atomic E-state index is 12.6. The van der Waals surface area contributed by atoms with E-state index < -0.39 is 0 Å². The SMILES string of the molecule is O=C([C@H]1CCOC1)N1CCc2ncc(-c3ccccc3)n2CC1. The molecule has 23 heavy (non-hydrogen) atoms. The van der Waals surface area contributed by atoms with Gasteiger partial charge in [0, 0.05) is 32.7 Å². The van der Waals surface area contributed by atoms with Crippen LogP contribution in [-0.4, -0.2) is 46.7 Å². The number of hydrogen-bond donors (Lipinski definition) is 0. The molecule has 0 saturated carbocycles. The van der Waals surface area contributed by atoms with Crippen molar-refractivity contribution in [1.29, 1.82) is 0 Å². The first-order chi connectivity index (χ1) is 11.3. The van der Waals surface area contributed by atoms with Crippen molar-refractivity contribution in [3.05, 3.63) is 42.4 Å². The van der Waals surface area contributed by atoms with Crippen molar-refractivity contribution < 1.29 is 9.53 Å². The second-order valence-electron chi connectivity index (χ2n) is 6.21. The standard InChI is InChI=1S/C18H21N3O2/c22-18(15-7-11-23-13-15)20-8-6-17-19-12-16(21(17)10-9-20)14-4-2-1-3-5-14/h1-5,12,15H,6-11,13H2/t15-/m0/s1. The van der Waals surface area contributed by atoms with Crippen LogP contribution in [0.15, 0.2) is 36.5 Å². The van der Waals surface area contributed by atoms with E-state index in [1.807, 2.05) is 29.3 Å². The molecule has 1 atom stereocenters. The average molecular weight is 311 g/mol. The lowest BCUT2D eigenvalue weighted by Gasteiger charge is -2.23. The fourth-order valence-corrected chi connectivity index (χ4v) is 3.48. The molecule has 2 aliphatic heterocycles. The van der Waals surface area contributed by atoms with Crippen LogP contribution in [-0.2, 0) is 22.5 Å². The Kier molecular flexibility index (Phi) is 3.87. The first kappa shape index (κ1) is 14.5. The van der Waals surface area contributed by atoms with E-state index >= 15 is 0 Å². The van der Waals surface area contributed by atoms with E-state index in [4.69, 9.17) is 4.74 Å². The van der Waals surface area contributed by atoms with Crippen LogP contribution in [0.25, 0.3) is 11.3 Å². The topological polar surface area (TPSA) is 47.4 Å². The zero-order valence-electron chi connectivity index (χ0n) is 13.1. The number of amides is 1. The smallest absolute Gasteiger partial charge is 0.228 e. The lowest BCUT2D eigenvalue weighted by Crippen LogP contribution is -2.38. The summed E-state index contributed by atoms with van der Waals surface area (Å²) in [5.74, 6) is 1.37. The molecule has 0 spiro atoms. The molecule has 0 aliphatic carbocycles. The Morgan fingerprint density at radius 1 is 1.17 bits per heavy atom. The van der Waals surface area contributed by atoms with Crippen LogP contribution in [0.3, 0.4) is 0 Å². The van der Waals surface area contributed by atoms with Crippen molar-refractivity contribution >= 4 is 5.91 Å². The summed E-state index contributed by atoms with van der Waals surface area (Å²) in [4.78, 5) is 19.2. The summed E-state index contributed by atoms with van der Waals surface area (Å²) in [6.07, 6.45) is 3.62. The number of fused-ring (bicyclic) bond motifs is 1. The summed E-state index contributed by atoms with van der Waals surface area (Å²) in [6, 6.07) is 10.3. The molecule has 5 nitrogen and oxygen atoms in total. The number of ether oxygens (including phenoxy) is 1. The minimum Gasteiger partial charge on any atom is -0.381 e. The van der Waals surface area contributed by atoms with Crippen molar-refractivity contribution in [3.63, 3.8) is 0 Å². The third kappa shape index (κ3) is 2.77. The number of imidazole rings is 1. The third-order valence-corrected chi connectivity index (χ3v) is 4.80. The highest BCUT2D eigenvalue weighted by molar-refractivity contribution is 5.79. The van der Waals surface area contributed by atoms with Crippen LogP contribution in [0.1, 0.15) is 12.2 Å². The molecule has 1 fully saturated rings. The molecule has 3 heterocycles. The van der Waals surface area contributed by atoms with Crippen molar-refractivity contribution in [1.82, 2.24) is 14.5 Å². The lowest BCUT2D eigenvalue weighted by atomic mass is 10.1. The van der Waals surface area contributed by atoms with Crippen LogP contribution in [0.5, 0.6) is 0 Å². The van der Waals surface area contributed by atoms with E-state index in [0.29, 0.717) is 13.2 Å². The van der Waals surface area contributed by atoms with E-state index in [0.717, 1.165) is 44.0 Å². The maximum Gasteiger partial charge on any atom is 0.228 e. The van der Waals surface area contributed by atoms with Crippen molar-refractivity contribution in [2.24, 2.45) is 5.92 Å². The van der Waals surface area contributed by atoms with Gasteiger partial charge in [0.25, 0.3) is 0 Å². The summed E-state index contributed by atoms with van der Waals surface area (Å²) in [7, 11) is 0. The summed E-state index contributed by atoms with van der Waals surface area (Å²) in [5, 5.41) is 0. The molecule has 1 aromatic carbocycles. The van der Waals surface area contributed by atoms with Gasteiger partial charge < -0.3 is 14.2 Å². The molecule has 1 amide bonds. The Labute approximate surface area is 135 Å². The predicted octanol–water partition coefficient (Wildman–Crippen LogP) is 1.97. The Balaban J connectivity index is 1.53. The van der Waals surface area contributed by atoms with E-state index in [2.05, 4.69) is 21.7 Å². The van der Waals surface area contributed by atoms with Crippen LogP contribution < -0.4 is 0 Å². The Morgan fingerprint density at radius 2 is 2.04 bits per heavy atom. The van der Waals surface area contributed by atoms with Gasteiger partial charge in [0.05, 0.1) is 24.4 Å².